The van der Waals surface area contributed by atoms with E-state index in [0.29, 0.717) is 6.61 Å². The van der Waals surface area contributed by atoms with Gasteiger partial charge in [-0.1, -0.05) is 13.3 Å². The lowest BCUT2D eigenvalue weighted by molar-refractivity contribution is -0.270. The third kappa shape index (κ3) is 8.44. The second-order valence-corrected chi connectivity index (χ2v) is 3.23. The predicted octanol–water partition coefficient (Wildman–Crippen LogP) is 1.87. The summed E-state index contributed by atoms with van der Waals surface area (Å²) in [4.78, 5) is 0. The molecule has 3 unspecified atom stereocenters. The van der Waals surface area contributed by atoms with Gasteiger partial charge in [-0.15, -0.1) is 0 Å². The van der Waals surface area contributed by atoms with Crippen molar-refractivity contribution in [2.24, 2.45) is 0 Å². The molecule has 86 valence electrons. The lowest BCUT2D eigenvalue weighted by Crippen LogP contribution is -2.25. The van der Waals surface area contributed by atoms with Crippen LogP contribution in [0.15, 0.2) is 0 Å². The molecule has 0 heterocycles. The zero-order valence-electron chi connectivity index (χ0n) is 9.53. The van der Waals surface area contributed by atoms with Gasteiger partial charge >= 0.3 is 0 Å². The van der Waals surface area contributed by atoms with E-state index in [1.54, 1.807) is 13.8 Å². The third-order valence-corrected chi connectivity index (χ3v) is 1.62. The Kier molecular flexibility index (Phi) is 8.08. The van der Waals surface area contributed by atoms with Gasteiger partial charge in [-0.25, -0.2) is 0 Å². The summed E-state index contributed by atoms with van der Waals surface area (Å²) >= 11 is 0. The summed E-state index contributed by atoms with van der Waals surface area (Å²) in [7, 11) is 0. The molecule has 0 spiro atoms. The molecule has 0 radical (unpaired) electrons. The van der Waals surface area contributed by atoms with Crippen molar-refractivity contribution in [3.8, 4) is 0 Å². The van der Waals surface area contributed by atoms with Crippen LogP contribution in [0.1, 0.15) is 40.5 Å². The van der Waals surface area contributed by atoms with E-state index in [-0.39, 0.29) is 6.29 Å². The summed E-state index contributed by atoms with van der Waals surface area (Å²) in [6.07, 6.45) is 0.570. The Morgan fingerprint density at radius 1 is 1.07 bits per heavy atom. The SMILES string of the molecule is CCCCOC(C)OC(C)OC(C)O. The minimum Gasteiger partial charge on any atom is -0.368 e. The van der Waals surface area contributed by atoms with Gasteiger partial charge in [0.15, 0.2) is 18.9 Å². The molecule has 0 aromatic rings. The Morgan fingerprint density at radius 2 is 1.71 bits per heavy atom. The summed E-state index contributed by atoms with van der Waals surface area (Å²) in [5, 5.41) is 8.91. The van der Waals surface area contributed by atoms with Crippen molar-refractivity contribution in [2.75, 3.05) is 6.61 Å². The maximum absolute atomic E-state index is 8.91. The number of hydrogen-bond donors (Lipinski definition) is 1. The fraction of sp³-hybridized carbons (Fsp3) is 1.00. The Hall–Kier alpha value is -0.160. The van der Waals surface area contributed by atoms with Gasteiger partial charge in [0.25, 0.3) is 0 Å². The van der Waals surface area contributed by atoms with Crippen molar-refractivity contribution < 1.29 is 19.3 Å². The Bertz CT molecular complexity index is 127. The fourth-order valence-corrected chi connectivity index (χ4v) is 1.01. The van der Waals surface area contributed by atoms with E-state index in [4.69, 9.17) is 19.3 Å². The molecule has 0 bridgehead atoms. The molecule has 14 heavy (non-hydrogen) atoms. The highest BCUT2D eigenvalue weighted by atomic mass is 16.8. The average Bonchev–Trinajstić information content (AvgIpc) is 2.02. The fourth-order valence-electron chi connectivity index (χ4n) is 1.01. The van der Waals surface area contributed by atoms with Crippen LogP contribution in [0.25, 0.3) is 0 Å². The van der Waals surface area contributed by atoms with Crippen LogP contribution in [0.4, 0.5) is 0 Å². The van der Waals surface area contributed by atoms with E-state index in [9.17, 15) is 0 Å². The van der Waals surface area contributed by atoms with Crippen LogP contribution in [-0.4, -0.2) is 30.6 Å². The zero-order valence-corrected chi connectivity index (χ0v) is 9.53. The number of ether oxygens (including phenoxy) is 3. The number of aliphatic hydroxyl groups is 1. The van der Waals surface area contributed by atoms with Crippen LogP contribution >= 0.6 is 0 Å². The van der Waals surface area contributed by atoms with E-state index in [1.165, 1.54) is 0 Å². The molecular formula is C10H22O4. The highest BCUT2D eigenvalue weighted by Crippen LogP contribution is 2.04. The monoisotopic (exact) mass is 206 g/mol. The first-order valence-electron chi connectivity index (χ1n) is 5.16. The minimum atomic E-state index is -0.812. The smallest absolute Gasteiger partial charge is 0.161 e. The van der Waals surface area contributed by atoms with E-state index in [2.05, 4.69) is 6.92 Å². The van der Waals surface area contributed by atoms with Gasteiger partial charge in [-0.05, 0) is 27.2 Å². The molecule has 0 aliphatic rings. The lowest BCUT2D eigenvalue weighted by Gasteiger charge is -2.20. The molecular weight excluding hydrogens is 184 g/mol. The van der Waals surface area contributed by atoms with Crippen LogP contribution in [0.2, 0.25) is 0 Å². The molecule has 0 aromatic heterocycles. The average molecular weight is 206 g/mol. The maximum atomic E-state index is 8.91. The first-order chi connectivity index (χ1) is 6.56. The molecule has 0 saturated heterocycles. The first-order valence-corrected chi connectivity index (χ1v) is 5.16. The van der Waals surface area contributed by atoms with Gasteiger partial charge in [-0.3, -0.25) is 0 Å². The van der Waals surface area contributed by atoms with Gasteiger partial charge < -0.3 is 19.3 Å². The quantitative estimate of drug-likeness (QED) is 0.486. The molecule has 4 heteroatoms. The van der Waals surface area contributed by atoms with E-state index in [1.807, 2.05) is 6.92 Å². The molecule has 0 aliphatic heterocycles. The van der Waals surface area contributed by atoms with Crippen LogP contribution in [0, 0.1) is 0 Å². The summed E-state index contributed by atoms with van der Waals surface area (Å²) in [6, 6.07) is 0. The van der Waals surface area contributed by atoms with Crippen LogP contribution in [0.3, 0.4) is 0 Å². The zero-order chi connectivity index (χ0) is 11.0. The van der Waals surface area contributed by atoms with Crippen LogP contribution in [0.5, 0.6) is 0 Å². The highest BCUT2D eigenvalue weighted by molar-refractivity contribution is 4.38. The minimum absolute atomic E-state index is 0.296. The third-order valence-electron chi connectivity index (χ3n) is 1.62. The molecule has 0 saturated carbocycles. The van der Waals surface area contributed by atoms with Crippen molar-refractivity contribution in [2.45, 2.75) is 59.4 Å². The predicted molar refractivity (Wildman–Crippen MR) is 53.6 cm³/mol. The molecule has 0 aliphatic carbocycles. The van der Waals surface area contributed by atoms with Crippen LogP contribution < -0.4 is 0 Å². The van der Waals surface area contributed by atoms with Crippen molar-refractivity contribution in [3.63, 3.8) is 0 Å². The molecule has 3 atom stereocenters. The molecule has 0 rings (SSSR count). The normalized spacial score (nSPS) is 17.8. The summed E-state index contributed by atoms with van der Waals surface area (Å²) in [6.45, 7) is 7.89. The number of hydrogen-bond acceptors (Lipinski definition) is 4. The van der Waals surface area contributed by atoms with Gasteiger partial charge in [0.1, 0.15) is 0 Å². The number of aliphatic hydroxyl groups excluding tert-OH is 1. The second-order valence-electron chi connectivity index (χ2n) is 3.23. The first kappa shape index (κ1) is 13.8. The Morgan fingerprint density at radius 3 is 2.21 bits per heavy atom. The summed E-state index contributed by atoms with van der Waals surface area (Å²) < 4.78 is 15.6. The highest BCUT2D eigenvalue weighted by Gasteiger charge is 2.10. The van der Waals surface area contributed by atoms with Crippen molar-refractivity contribution in [3.05, 3.63) is 0 Å². The topological polar surface area (TPSA) is 47.9 Å². The van der Waals surface area contributed by atoms with Crippen molar-refractivity contribution in [1.29, 1.82) is 0 Å². The lowest BCUT2D eigenvalue weighted by atomic mass is 10.4. The molecule has 0 amide bonds. The Labute approximate surface area is 86.2 Å². The molecule has 0 aromatic carbocycles. The number of rotatable bonds is 8. The van der Waals surface area contributed by atoms with Crippen LogP contribution in [-0.2, 0) is 14.2 Å². The molecule has 0 fully saturated rings. The molecule has 4 nitrogen and oxygen atoms in total. The summed E-state index contributed by atoms with van der Waals surface area (Å²) in [5.74, 6) is 0. The van der Waals surface area contributed by atoms with E-state index in [0.717, 1.165) is 12.8 Å². The van der Waals surface area contributed by atoms with Gasteiger partial charge in [0, 0.05) is 6.61 Å². The molecule has 1 N–H and O–H groups in total. The Balaban J connectivity index is 3.44. The standard InChI is InChI=1S/C10H22O4/c1-5-6-7-12-9(3)14-10(4)13-8(2)11/h8-11H,5-7H2,1-4H3. The maximum Gasteiger partial charge on any atom is 0.161 e. The summed E-state index contributed by atoms with van der Waals surface area (Å²) in [5.41, 5.74) is 0. The second kappa shape index (κ2) is 8.17. The van der Waals surface area contributed by atoms with Gasteiger partial charge in [-0.2, -0.15) is 0 Å². The van der Waals surface area contributed by atoms with Crippen molar-refractivity contribution >= 4 is 0 Å². The van der Waals surface area contributed by atoms with Gasteiger partial charge in [0.05, 0.1) is 0 Å². The number of unbranched alkanes of at least 4 members (excludes halogenated alkanes) is 1. The van der Waals surface area contributed by atoms with E-state index < -0.39 is 12.6 Å². The van der Waals surface area contributed by atoms with Crippen molar-refractivity contribution in [1.82, 2.24) is 0 Å². The van der Waals surface area contributed by atoms with Gasteiger partial charge in [0.2, 0.25) is 0 Å². The largest absolute Gasteiger partial charge is 0.368 e. The van der Waals surface area contributed by atoms with E-state index >= 15 is 0 Å².